The molecule has 0 bridgehead atoms. The molecule has 5 nitrogen and oxygen atoms in total. The Bertz CT molecular complexity index is 525. The number of pyridine rings is 1. The number of aromatic nitrogens is 1. The summed E-state index contributed by atoms with van der Waals surface area (Å²) >= 11 is 5.81. The van der Waals surface area contributed by atoms with Gasteiger partial charge in [0, 0.05) is 36.8 Å². The molecule has 1 aliphatic rings. The van der Waals surface area contributed by atoms with Crippen molar-refractivity contribution in [2.24, 2.45) is 5.92 Å². The summed E-state index contributed by atoms with van der Waals surface area (Å²) in [7, 11) is 0. The second-order valence-corrected chi connectivity index (χ2v) is 5.98. The first-order valence-electron chi connectivity index (χ1n) is 7.18. The molecule has 114 valence electrons. The van der Waals surface area contributed by atoms with Crippen molar-refractivity contribution in [2.75, 3.05) is 13.1 Å². The lowest BCUT2D eigenvalue weighted by Crippen LogP contribution is -2.47. The number of carbonyl (C=O) groups excluding carboxylic acids is 2. The fraction of sp³-hybridized carbons (Fsp3) is 0.533. The summed E-state index contributed by atoms with van der Waals surface area (Å²) in [6.45, 7) is 5.03. The quantitative estimate of drug-likeness (QED) is 0.870. The van der Waals surface area contributed by atoms with Crippen molar-refractivity contribution in [3.63, 3.8) is 0 Å². The van der Waals surface area contributed by atoms with Gasteiger partial charge < -0.3 is 10.2 Å². The molecule has 2 rings (SSSR count). The van der Waals surface area contributed by atoms with Gasteiger partial charge in [0.2, 0.25) is 5.91 Å². The van der Waals surface area contributed by atoms with Crippen molar-refractivity contribution in [1.82, 2.24) is 15.2 Å². The molecule has 0 aliphatic carbocycles. The van der Waals surface area contributed by atoms with E-state index in [1.54, 1.807) is 17.0 Å². The summed E-state index contributed by atoms with van der Waals surface area (Å²) in [6, 6.07) is 3.40. The number of rotatable bonds is 3. The lowest BCUT2D eigenvalue weighted by atomic mass is 10.0. The van der Waals surface area contributed by atoms with Gasteiger partial charge in [0.1, 0.15) is 5.15 Å². The zero-order valence-corrected chi connectivity index (χ0v) is 13.1. The second kappa shape index (κ2) is 6.89. The van der Waals surface area contributed by atoms with Crippen LogP contribution < -0.4 is 5.32 Å². The number of hydrogen-bond donors (Lipinski definition) is 1. The lowest BCUT2D eigenvalue weighted by Gasteiger charge is -2.32. The fourth-order valence-electron chi connectivity index (χ4n) is 2.31. The maximum absolute atomic E-state index is 12.3. The second-order valence-electron chi connectivity index (χ2n) is 5.60. The Labute approximate surface area is 129 Å². The first-order valence-corrected chi connectivity index (χ1v) is 7.56. The van der Waals surface area contributed by atoms with Crippen LogP contribution in [0.2, 0.25) is 5.15 Å². The van der Waals surface area contributed by atoms with Gasteiger partial charge in [-0.3, -0.25) is 9.59 Å². The van der Waals surface area contributed by atoms with Crippen LogP contribution in [0.4, 0.5) is 0 Å². The zero-order chi connectivity index (χ0) is 15.4. The van der Waals surface area contributed by atoms with E-state index < -0.39 is 0 Å². The van der Waals surface area contributed by atoms with E-state index in [2.05, 4.69) is 10.3 Å². The standard InChI is InChI=1S/C15H20ClN3O2/c1-10(2)14(20)18-12-4-7-19(8-5-12)15(21)11-3-6-17-13(16)9-11/h3,6,9-10,12H,4-5,7-8H2,1-2H3,(H,18,20). The Hall–Kier alpha value is -1.62. The third kappa shape index (κ3) is 4.17. The average molecular weight is 310 g/mol. The van der Waals surface area contributed by atoms with Gasteiger partial charge in [0.15, 0.2) is 0 Å². The van der Waals surface area contributed by atoms with E-state index in [9.17, 15) is 9.59 Å². The first kappa shape index (κ1) is 15.8. The molecule has 21 heavy (non-hydrogen) atoms. The molecular formula is C15H20ClN3O2. The molecule has 1 N–H and O–H groups in total. The van der Waals surface area contributed by atoms with Crippen LogP contribution in [0.3, 0.4) is 0 Å². The van der Waals surface area contributed by atoms with E-state index in [1.165, 1.54) is 6.20 Å². The van der Waals surface area contributed by atoms with Crippen molar-refractivity contribution in [3.8, 4) is 0 Å². The van der Waals surface area contributed by atoms with Crippen LogP contribution in [0.15, 0.2) is 18.3 Å². The Kier molecular flexibility index (Phi) is 5.17. The van der Waals surface area contributed by atoms with Gasteiger partial charge in [-0.1, -0.05) is 25.4 Å². The molecule has 2 amide bonds. The number of hydrogen-bond acceptors (Lipinski definition) is 3. The number of piperidine rings is 1. The first-order chi connectivity index (χ1) is 9.97. The molecule has 1 saturated heterocycles. The van der Waals surface area contributed by atoms with Crippen molar-refractivity contribution in [3.05, 3.63) is 29.0 Å². The van der Waals surface area contributed by atoms with E-state index in [4.69, 9.17) is 11.6 Å². The minimum absolute atomic E-state index is 0.0105. The zero-order valence-electron chi connectivity index (χ0n) is 12.3. The van der Waals surface area contributed by atoms with E-state index in [-0.39, 0.29) is 23.8 Å². The molecule has 1 aromatic rings. The summed E-state index contributed by atoms with van der Waals surface area (Å²) in [4.78, 5) is 29.7. The van der Waals surface area contributed by atoms with Gasteiger partial charge in [0.25, 0.3) is 5.91 Å². The third-order valence-corrected chi connectivity index (χ3v) is 3.83. The van der Waals surface area contributed by atoms with Gasteiger partial charge in [-0.15, -0.1) is 0 Å². The predicted molar refractivity (Wildman–Crippen MR) is 81.2 cm³/mol. The van der Waals surface area contributed by atoms with E-state index >= 15 is 0 Å². The van der Waals surface area contributed by atoms with Gasteiger partial charge in [-0.2, -0.15) is 0 Å². The molecule has 1 aromatic heterocycles. The molecule has 0 spiro atoms. The van der Waals surface area contributed by atoms with E-state index in [0.717, 1.165) is 12.8 Å². The molecule has 0 aromatic carbocycles. The highest BCUT2D eigenvalue weighted by molar-refractivity contribution is 6.29. The smallest absolute Gasteiger partial charge is 0.254 e. The molecule has 2 heterocycles. The SMILES string of the molecule is CC(C)C(=O)NC1CCN(C(=O)c2ccnc(Cl)c2)CC1. The van der Waals surface area contributed by atoms with E-state index in [1.807, 2.05) is 13.8 Å². The number of amides is 2. The Morgan fingerprint density at radius 2 is 2.05 bits per heavy atom. The minimum Gasteiger partial charge on any atom is -0.353 e. The summed E-state index contributed by atoms with van der Waals surface area (Å²) in [5, 5.41) is 3.34. The summed E-state index contributed by atoms with van der Waals surface area (Å²) < 4.78 is 0. The topological polar surface area (TPSA) is 62.3 Å². The van der Waals surface area contributed by atoms with Crippen molar-refractivity contribution < 1.29 is 9.59 Å². The van der Waals surface area contributed by atoms with Crippen molar-refractivity contribution >= 4 is 23.4 Å². The number of nitrogens with zero attached hydrogens (tertiary/aromatic N) is 2. The summed E-state index contributed by atoms with van der Waals surface area (Å²) in [6.07, 6.45) is 3.09. The van der Waals surface area contributed by atoms with Crippen LogP contribution in [-0.4, -0.2) is 40.8 Å². The Morgan fingerprint density at radius 3 is 2.62 bits per heavy atom. The summed E-state index contributed by atoms with van der Waals surface area (Å²) in [5.74, 6) is 0.0252. The molecule has 0 atom stereocenters. The predicted octanol–water partition coefficient (Wildman–Crippen LogP) is 2.11. The van der Waals surface area contributed by atoms with Gasteiger partial charge in [-0.25, -0.2) is 4.98 Å². The van der Waals surface area contributed by atoms with Crippen molar-refractivity contribution in [1.29, 1.82) is 0 Å². The molecule has 6 heteroatoms. The molecule has 1 fully saturated rings. The number of nitrogens with one attached hydrogen (secondary N) is 1. The van der Waals surface area contributed by atoms with Crippen LogP contribution in [0, 0.1) is 5.92 Å². The maximum Gasteiger partial charge on any atom is 0.254 e. The average Bonchev–Trinajstić information content (AvgIpc) is 2.47. The lowest BCUT2D eigenvalue weighted by molar-refractivity contribution is -0.124. The number of halogens is 1. The molecule has 0 radical (unpaired) electrons. The molecule has 0 saturated carbocycles. The van der Waals surface area contributed by atoms with Gasteiger partial charge >= 0.3 is 0 Å². The van der Waals surface area contributed by atoms with E-state index in [0.29, 0.717) is 23.8 Å². The number of likely N-dealkylation sites (tertiary alicyclic amines) is 1. The third-order valence-electron chi connectivity index (χ3n) is 3.63. The Morgan fingerprint density at radius 1 is 1.38 bits per heavy atom. The van der Waals surface area contributed by atoms with Crippen LogP contribution in [0.5, 0.6) is 0 Å². The highest BCUT2D eigenvalue weighted by atomic mass is 35.5. The Balaban J connectivity index is 1.89. The molecule has 0 unspecified atom stereocenters. The molecule has 1 aliphatic heterocycles. The fourth-order valence-corrected chi connectivity index (χ4v) is 2.49. The molecular weight excluding hydrogens is 290 g/mol. The summed E-state index contributed by atoms with van der Waals surface area (Å²) in [5.41, 5.74) is 0.555. The minimum atomic E-state index is -0.0343. The largest absolute Gasteiger partial charge is 0.353 e. The monoisotopic (exact) mass is 309 g/mol. The van der Waals surface area contributed by atoms with Crippen molar-refractivity contribution in [2.45, 2.75) is 32.7 Å². The normalized spacial score (nSPS) is 16.1. The number of carbonyl (C=O) groups is 2. The highest BCUT2D eigenvalue weighted by Gasteiger charge is 2.25. The van der Waals surface area contributed by atoms with Crippen LogP contribution in [0.1, 0.15) is 37.0 Å². The maximum atomic E-state index is 12.3. The van der Waals surface area contributed by atoms with Gasteiger partial charge in [0.05, 0.1) is 0 Å². The van der Waals surface area contributed by atoms with Crippen LogP contribution >= 0.6 is 11.6 Å². The highest BCUT2D eigenvalue weighted by Crippen LogP contribution is 2.16. The van der Waals surface area contributed by atoms with Gasteiger partial charge in [-0.05, 0) is 25.0 Å². The van der Waals surface area contributed by atoms with Crippen LogP contribution in [0.25, 0.3) is 0 Å². The van der Waals surface area contributed by atoms with Crippen LogP contribution in [-0.2, 0) is 4.79 Å².